The average Bonchev–Trinajstić information content (AvgIpc) is 1.84. The normalized spacial score (nSPS) is 12.2. The van der Waals surface area contributed by atoms with E-state index in [1.54, 1.807) is 6.08 Å². The van der Waals surface area contributed by atoms with E-state index in [1.165, 1.54) is 0 Å². The minimum absolute atomic E-state index is 0.944. The second kappa shape index (κ2) is 3.19. The second-order valence-electron chi connectivity index (χ2n) is 1.63. The molecule has 0 unspecified atom stereocenters. The maximum Gasteiger partial charge on any atom is 0.0394 e. The molecule has 0 fully saturated rings. The number of rotatable bonds is 2. The van der Waals surface area contributed by atoms with E-state index in [4.69, 9.17) is 0 Å². The number of hydrogen-bond acceptors (Lipinski definition) is 1. The molecule has 0 saturated carbocycles. The molecule has 0 radical (unpaired) electrons. The predicted octanol–water partition coefficient (Wildman–Crippen LogP) is 2.17. The summed E-state index contributed by atoms with van der Waals surface area (Å²) in [6.07, 6.45) is 1.77. The predicted molar refractivity (Wildman–Crippen MR) is 38.1 cm³/mol. The van der Waals surface area contributed by atoms with E-state index in [0.717, 1.165) is 11.3 Å². The van der Waals surface area contributed by atoms with Crippen LogP contribution in [0.3, 0.4) is 0 Å². The van der Waals surface area contributed by atoms with Crippen LogP contribution in [0.15, 0.2) is 28.9 Å². The molecule has 1 heteroatoms. The third-order valence-corrected chi connectivity index (χ3v) is 1.11. The van der Waals surface area contributed by atoms with Crippen LogP contribution in [-0.4, -0.2) is 6.72 Å². The summed E-state index contributed by atoms with van der Waals surface area (Å²) in [6.45, 7) is 10.8. The topological polar surface area (TPSA) is 12.4 Å². The molecule has 0 bridgehead atoms. The molecule has 0 aliphatic heterocycles. The molecule has 1 nitrogen and oxygen atoms in total. The Kier molecular flexibility index (Phi) is 2.85. The molecule has 0 aromatic heterocycles. The van der Waals surface area contributed by atoms with Gasteiger partial charge in [0.1, 0.15) is 0 Å². The van der Waals surface area contributed by atoms with Gasteiger partial charge in [0.25, 0.3) is 0 Å². The van der Waals surface area contributed by atoms with Gasteiger partial charge in [0.2, 0.25) is 0 Å². The lowest BCUT2D eigenvalue weighted by molar-refractivity contribution is 1.25. The third kappa shape index (κ3) is 1.73. The molecule has 0 rings (SSSR count). The van der Waals surface area contributed by atoms with Gasteiger partial charge in [-0.3, -0.25) is 4.99 Å². The van der Waals surface area contributed by atoms with Gasteiger partial charge in [0, 0.05) is 5.70 Å². The summed E-state index contributed by atoms with van der Waals surface area (Å²) in [5.74, 6) is 0. The summed E-state index contributed by atoms with van der Waals surface area (Å²) in [5, 5.41) is 0. The quantitative estimate of drug-likeness (QED) is 0.380. The highest BCUT2D eigenvalue weighted by Crippen LogP contribution is 2.02. The third-order valence-electron chi connectivity index (χ3n) is 1.11. The van der Waals surface area contributed by atoms with Crippen LogP contribution in [0.25, 0.3) is 0 Å². The summed E-state index contributed by atoms with van der Waals surface area (Å²) < 4.78 is 0. The van der Waals surface area contributed by atoms with Crippen molar-refractivity contribution in [3.05, 3.63) is 23.9 Å². The van der Waals surface area contributed by atoms with Crippen LogP contribution in [0, 0.1) is 0 Å². The standard InChI is InChI=1S/C7H11N/c1-5-6(2)7(3)8-4/h5H,1,4H2,2-3H3. The summed E-state index contributed by atoms with van der Waals surface area (Å²) in [5.41, 5.74) is 2.03. The largest absolute Gasteiger partial charge is 0.269 e. The van der Waals surface area contributed by atoms with Crippen LogP contribution in [0.2, 0.25) is 0 Å². The van der Waals surface area contributed by atoms with Crippen molar-refractivity contribution >= 4 is 6.72 Å². The molecule has 0 aromatic rings. The molecule has 0 aromatic carbocycles. The molecule has 0 spiro atoms. The summed E-state index contributed by atoms with van der Waals surface area (Å²) in [7, 11) is 0. The van der Waals surface area contributed by atoms with Gasteiger partial charge in [0.05, 0.1) is 0 Å². The number of aliphatic imine (C=N–C) groups is 1. The van der Waals surface area contributed by atoms with Gasteiger partial charge in [0.15, 0.2) is 0 Å². The van der Waals surface area contributed by atoms with Crippen LogP contribution >= 0.6 is 0 Å². The van der Waals surface area contributed by atoms with Crippen LogP contribution < -0.4 is 0 Å². The molecule has 0 N–H and O–H groups in total. The Labute approximate surface area is 50.4 Å². The Morgan fingerprint density at radius 1 is 1.50 bits per heavy atom. The molecule has 0 heterocycles. The Hall–Kier alpha value is -0.850. The maximum absolute atomic E-state index is 3.72. The zero-order chi connectivity index (χ0) is 6.57. The fourth-order valence-corrected chi connectivity index (χ4v) is 0.272. The smallest absolute Gasteiger partial charge is 0.0394 e. The highest BCUT2D eigenvalue weighted by atomic mass is 14.7. The first-order chi connectivity index (χ1) is 3.72. The van der Waals surface area contributed by atoms with E-state index < -0.39 is 0 Å². The Balaban J connectivity index is 4.25. The van der Waals surface area contributed by atoms with Gasteiger partial charge in [-0.05, 0) is 26.1 Å². The Bertz CT molecular complexity index is 115. The molecule has 0 aliphatic carbocycles. The van der Waals surface area contributed by atoms with Gasteiger partial charge in [-0.25, -0.2) is 0 Å². The monoisotopic (exact) mass is 109 g/mol. The summed E-state index contributed by atoms with van der Waals surface area (Å²) >= 11 is 0. The van der Waals surface area contributed by atoms with Gasteiger partial charge in [-0.1, -0.05) is 12.7 Å². The number of allylic oxidation sites excluding steroid dienone is 3. The maximum atomic E-state index is 3.72. The van der Waals surface area contributed by atoms with E-state index in [1.807, 2.05) is 13.8 Å². The summed E-state index contributed by atoms with van der Waals surface area (Å²) in [6, 6.07) is 0. The molecule has 0 saturated heterocycles. The lowest BCUT2D eigenvalue weighted by atomic mass is 10.2. The molecule has 0 atom stereocenters. The lowest BCUT2D eigenvalue weighted by Gasteiger charge is -1.91. The van der Waals surface area contributed by atoms with Crippen LogP contribution in [0.1, 0.15) is 13.8 Å². The fraction of sp³-hybridized carbons (Fsp3) is 0.286. The van der Waals surface area contributed by atoms with Crippen molar-refractivity contribution in [2.24, 2.45) is 4.99 Å². The first-order valence-electron chi connectivity index (χ1n) is 2.49. The van der Waals surface area contributed by atoms with Crippen molar-refractivity contribution in [1.82, 2.24) is 0 Å². The Morgan fingerprint density at radius 3 is 2.12 bits per heavy atom. The van der Waals surface area contributed by atoms with Gasteiger partial charge in [-0.15, -0.1) is 0 Å². The SMILES string of the molecule is C=CC(C)=C(C)N=C. The zero-order valence-corrected chi connectivity index (χ0v) is 5.44. The first kappa shape index (κ1) is 7.15. The van der Waals surface area contributed by atoms with Crippen molar-refractivity contribution in [2.75, 3.05) is 0 Å². The van der Waals surface area contributed by atoms with E-state index >= 15 is 0 Å². The molecule has 0 aliphatic rings. The molecular formula is C7H11N. The minimum Gasteiger partial charge on any atom is -0.269 e. The van der Waals surface area contributed by atoms with Crippen molar-refractivity contribution in [3.63, 3.8) is 0 Å². The van der Waals surface area contributed by atoms with Crippen LogP contribution in [0.5, 0.6) is 0 Å². The zero-order valence-electron chi connectivity index (χ0n) is 5.44. The highest BCUT2D eigenvalue weighted by Gasteiger charge is 1.83. The van der Waals surface area contributed by atoms with E-state index in [0.29, 0.717) is 0 Å². The van der Waals surface area contributed by atoms with Crippen molar-refractivity contribution in [1.29, 1.82) is 0 Å². The Morgan fingerprint density at radius 2 is 2.00 bits per heavy atom. The molecule has 44 valence electrons. The minimum atomic E-state index is 0.944. The van der Waals surface area contributed by atoms with Crippen molar-refractivity contribution in [3.8, 4) is 0 Å². The van der Waals surface area contributed by atoms with Crippen LogP contribution in [-0.2, 0) is 0 Å². The number of nitrogens with zero attached hydrogens (tertiary/aromatic N) is 1. The molecule has 8 heavy (non-hydrogen) atoms. The van der Waals surface area contributed by atoms with E-state index in [9.17, 15) is 0 Å². The van der Waals surface area contributed by atoms with Gasteiger partial charge < -0.3 is 0 Å². The van der Waals surface area contributed by atoms with Crippen molar-refractivity contribution < 1.29 is 0 Å². The van der Waals surface area contributed by atoms with E-state index in [2.05, 4.69) is 18.3 Å². The van der Waals surface area contributed by atoms with Crippen LogP contribution in [0.4, 0.5) is 0 Å². The molecule has 0 amide bonds. The second-order valence-corrected chi connectivity index (χ2v) is 1.63. The fourth-order valence-electron chi connectivity index (χ4n) is 0.272. The lowest BCUT2D eigenvalue weighted by Crippen LogP contribution is -1.72. The summed E-state index contributed by atoms with van der Waals surface area (Å²) in [4.78, 5) is 3.72. The van der Waals surface area contributed by atoms with Gasteiger partial charge in [-0.2, -0.15) is 0 Å². The molecular weight excluding hydrogens is 98.1 g/mol. The van der Waals surface area contributed by atoms with E-state index in [-0.39, 0.29) is 0 Å². The highest BCUT2D eigenvalue weighted by molar-refractivity contribution is 5.31. The van der Waals surface area contributed by atoms with Gasteiger partial charge >= 0.3 is 0 Å². The number of hydrogen-bond donors (Lipinski definition) is 0. The first-order valence-corrected chi connectivity index (χ1v) is 2.49. The average molecular weight is 109 g/mol. The van der Waals surface area contributed by atoms with Crippen molar-refractivity contribution in [2.45, 2.75) is 13.8 Å².